The second-order valence-corrected chi connectivity index (χ2v) is 12.0. The van der Waals surface area contributed by atoms with Gasteiger partial charge in [0.25, 0.3) is 0 Å². The maximum atomic E-state index is 5.47. The molecule has 4 heterocycles. The molecule has 2 unspecified atom stereocenters. The molecule has 45 heavy (non-hydrogen) atoms. The lowest BCUT2D eigenvalue weighted by Crippen LogP contribution is -2.29. The molecule has 0 saturated carbocycles. The van der Waals surface area contributed by atoms with Crippen LogP contribution in [0.5, 0.6) is 0 Å². The number of hydrogen-bond acceptors (Lipinski definition) is 2. The number of aromatic nitrogens is 3. The molecule has 0 spiro atoms. The zero-order valence-electron chi connectivity index (χ0n) is 24.5. The molecule has 2 aliphatic rings. The molecule has 5 aromatic carbocycles. The first kappa shape index (κ1) is 24.6. The largest absolute Gasteiger partial charge is 0.318 e. The molecule has 0 saturated heterocycles. The summed E-state index contributed by atoms with van der Waals surface area (Å²) in [4.78, 5) is 7.88. The molecule has 2 atom stereocenters. The van der Waals surface area contributed by atoms with E-state index < -0.39 is 0 Å². The van der Waals surface area contributed by atoms with Crippen LogP contribution in [0.25, 0.3) is 55.1 Å². The first-order valence-electron chi connectivity index (χ1n) is 15.6. The maximum Gasteiger partial charge on any atom is 0.140 e. The van der Waals surface area contributed by atoms with Gasteiger partial charge in [-0.25, -0.2) is 4.98 Å². The van der Waals surface area contributed by atoms with Gasteiger partial charge in [-0.05, 0) is 48.0 Å². The summed E-state index contributed by atoms with van der Waals surface area (Å²) >= 11 is 0. The molecule has 4 heteroatoms. The molecule has 212 valence electrons. The fraction of sp³-hybridized carbons (Fsp3) is 0.0488. The van der Waals surface area contributed by atoms with Crippen LogP contribution < -0.4 is 4.90 Å². The number of allylic oxidation sites excluding steroid dienone is 2. The van der Waals surface area contributed by atoms with E-state index in [1.54, 1.807) is 0 Å². The van der Waals surface area contributed by atoms with Crippen molar-refractivity contribution in [1.29, 1.82) is 0 Å². The third kappa shape index (κ3) is 3.39. The van der Waals surface area contributed by atoms with E-state index in [0.29, 0.717) is 5.92 Å². The standard InChI is InChI=1S/C41H28N4/c1-2-13-27(14-3-1)43-34-19-8-6-17-30(34)32-25-26-33-31-18-7-11-22-37(31)45(41(33)40(32)43)39-24-12-23-38(42-39)44-35-20-9-4-15-28(35)29-16-5-10-21-36(29)44/h1-26,28,35H. The summed E-state index contributed by atoms with van der Waals surface area (Å²) < 4.78 is 4.80. The molecule has 10 rings (SSSR count). The first-order chi connectivity index (χ1) is 22.4. The molecule has 1 aliphatic heterocycles. The fourth-order valence-electron chi connectivity index (χ4n) is 7.81. The minimum absolute atomic E-state index is 0.195. The number of hydrogen-bond donors (Lipinski definition) is 0. The summed E-state index contributed by atoms with van der Waals surface area (Å²) in [5, 5.41) is 4.92. The van der Waals surface area contributed by atoms with Crippen LogP contribution in [0.1, 0.15) is 11.5 Å². The van der Waals surface area contributed by atoms with Crippen molar-refractivity contribution >= 4 is 55.1 Å². The van der Waals surface area contributed by atoms with Gasteiger partial charge in [-0.1, -0.05) is 115 Å². The van der Waals surface area contributed by atoms with Crippen LogP contribution in [0.15, 0.2) is 158 Å². The van der Waals surface area contributed by atoms with Gasteiger partial charge in [-0.2, -0.15) is 0 Å². The minimum atomic E-state index is 0.195. The lowest BCUT2D eigenvalue weighted by Gasteiger charge is -2.28. The van der Waals surface area contributed by atoms with Crippen molar-refractivity contribution in [3.8, 4) is 11.5 Å². The van der Waals surface area contributed by atoms with Crippen LogP contribution in [-0.2, 0) is 0 Å². The first-order valence-corrected chi connectivity index (χ1v) is 15.6. The quantitative estimate of drug-likeness (QED) is 0.209. The predicted octanol–water partition coefficient (Wildman–Crippen LogP) is 10.0. The Labute approximate surface area is 260 Å². The highest BCUT2D eigenvalue weighted by Crippen LogP contribution is 2.47. The van der Waals surface area contributed by atoms with Crippen LogP contribution in [0, 0.1) is 0 Å². The second-order valence-electron chi connectivity index (χ2n) is 12.0. The molecule has 0 bridgehead atoms. The Balaban J connectivity index is 1.30. The van der Waals surface area contributed by atoms with Gasteiger partial charge in [0, 0.05) is 38.8 Å². The minimum Gasteiger partial charge on any atom is -0.318 e. The van der Waals surface area contributed by atoms with Crippen LogP contribution in [-0.4, -0.2) is 20.2 Å². The van der Waals surface area contributed by atoms with Crippen molar-refractivity contribution in [2.75, 3.05) is 4.90 Å². The lowest BCUT2D eigenvalue weighted by molar-refractivity contribution is 0.737. The fourth-order valence-corrected chi connectivity index (χ4v) is 7.81. The summed E-state index contributed by atoms with van der Waals surface area (Å²) in [6, 6.07) is 48.2. The van der Waals surface area contributed by atoms with E-state index >= 15 is 0 Å². The van der Waals surface area contributed by atoms with Crippen LogP contribution in [0.4, 0.5) is 11.5 Å². The van der Waals surface area contributed by atoms with Crippen molar-refractivity contribution in [2.45, 2.75) is 12.0 Å². The van der Waals surface area contributed by atoms with E-state index in [2.05, 4.69) is 172 Å². The third-order valence-electron chi connectivity index (χ3n) is 9.64. The normalized spacial score (nSPS) is 17.1. The molecule has 1 aliphatic carbocycles. The van der Waals surface area contributed by atoms with Gasteiger partial charge < -0.3 is 9.47 Å². The number of nitrogens with zero attached hydrogens (tertiary/aromatic N) is 4. The highest BCUT2D eigenvalue weighted by atomic mass is 15.3. The van der Waals surface area contributed by atoms with E-state index in [1.807, 2.05) is 0 Å². The van der Waals surface area contributed by atoms with Crippen molar-refractivity contribution < 1.29 is 0 Å². The molecule has 0 radical (unpaired) electrons. The Morgan fingerprint density at radius 2 is 1.09 bits per heavy atom. The van der Waals surface area contributed by atoms with Crippen LogP contribution >= 0.6 is 0 Å². The summed E-state index contributed by atoms with van der Waals surface area (Å²) in [6.45, 7) is 0. The Kier molecular flexibility index (Phi) is 5.08. The van der Waals surface area contributed by atoms with E-state index in [-0.39, 0.29) is 6.04 Å². The van der Waals surface area contributed by atoms with Gasteiger partial charge in [-0.15, -0.1) is 0 Å². The average molecular weight is 577 g/mol. The average Bonchev–Trinajstić information content (AvgIpc) is 3.75. The van der Waals surface area contributed by atoms with Crippen LogP contribution in [0.2, 0.25) is 0 Å². The van der Waals surface area contributed by atoms with Gasteiger partial charge in [0.15, 0.2) is 0 Å². The van der Waals surface area contributed by atoms with Crippen LogP contribution in [0.3, 0.4) is 0 Å². The highest BCUT2D eigenvalue weighted by Gasteiger charge is 2.37. The van der Waals surface area contributed by atoms with E-state index in [4.69, 9.17) is 4.98 Å². The van der Waals surface area contributed by atoms with Crippen molar-refractivity contribution in [3.05, 3.63) is 163 Å². The zero-order chi connectivity index (χ0) is 29.5. The summed E-state index contributed by atoms with van der Waals surface area (Å²) in [6.07, 6.45) is 8.96. The Bertz CT molecular complexity index is 2510. The van der Waals surface area contributed by atoms with Gasteiger partial charge in [-0.3, -0.25) is 4.57 Å². The maximum absolute atomic E-state index is 5.47. The summed E-state index contributed by atoms with van der Waals surface area (Å²) in [7, 11) is 0. The zero-order valence-corrected chi connectivity index (χ0v) is 24.5. The molecule has 3 aromatic heterocycles. The Morgan fingerprint density at radius 1 is 0.467 bits per heavy atom. The highest BCUT2D eigenvalue weighted by molar-refractivity contribution is 6.23. The smallest absolute Gasteiger partial charge is 0.140 e. The Morgan fingerprint density at radius 3 is 1.89 bits per heavy atom. The predicted molar refractivity (Wildman–Crippen MR) is 186 cm³/mol. The van der Waals surface area contributed by atoms with E-state index in [0.717, 1.165) is 22.8 Å². The lowest BCUT2D eigenvalue weighted by atomic mass is 9.91. The Hall–Kier alpha value is -5.87. The van der Waals surface area contributed by atoms with Gasteiger partial charge >= 0.3 is 0 Å². The van der Waals surface area contributed by atoms with Gasteiger partial charge in [0.2, 0.25) is 0 Å². The van der Waals surface area contributed by atoms with E-state index in [9.17, 15) is 0 Å². The van der Waals surface area contributed by atoms with Gasteiger partial charge in [0.05, 0.1) is 28.1 Å². The monoisotopic (exact) mass is 576 g/mol. The number of fused-ring (bicyclic) bond motifs is 10. The van der Waals surface area contributed by atoms with Crippen molar-refractivity contribution in [1.82, 2.24) is 14.1 Å². The number of anilines is 2. The third-order valence-corrected chi connectivity index (χ3v) is 9.64. The number of rotatable bonds is 3. The molecular formula is C41H28N4. The van der Waals surface area contributed by atoms with Crippen molar-refractivity contribution in [2.24, 2.45) is 0 Å². The molecule has 0 amide bonds. The molecule has 4 nitrogen and oxygen atoms in total. The molecular weight excluding hydrogens is 548 g/mol. The van der Waals surface area contributed by atoms with Crippen molar-refractivity contribution in [3.63, 3.8) is 0 Å². The summed E-state index contributed by atoms with van der Waals surface area (Å²) in [5.41, 5.74) is 8.42. The summed E-state index contributed by atoms with van der Waals surface area (Å²) in [5.74, 6) is 2.17. The molecule has 0 N–H and O–H groups in total. The topological polar surface area (TPSA) is 26.0 Å². The number of benzene rings is 5. The number of para-hydroxylation sites is 4. The van der Waals surface area contributed by atoms with E-state index in [1.165, 1.54) is 49.3 Å². The SMILES string of the molecule is C1=CC2c3ccccc3N(c3cccc(-n4c5ccccc5c5ccc6c7ccccc7n(-c7ccccc7)c6c54)n3)C2C=C1. The molecule has 0 fully saturated rings. The van der Waals surface area contributed by atoms with Gasteiger partial charge in [0.1, 0.15) is 11.6 Å². The molecule has 8 aromatic rings. The second kappa shape index (κ2) is 9.31. The number of pyridine rings is 1.